The maximum absolute atomic E-state index is 5.58. The predicted octanol–water partition coefficient (Wildman–Crippen LogP) is 1.81. The van der Waals surface area contributed by atoms with Gasteiger partial charge in [0.2, 0.25) is 0 Å². The van der Waals surface area contributed by atoms with E-state index in [1.807, 2.05) is 6.92 Å². The van der Waals surface area contributed by atoms with Gasteiger partial charge in [0.25, 0.3) is 0 Å². The molecule has 0 spiro atoms. The molecule has 0 radical (unpaired) electrons. The molecule has 0 aliphatic carbocycles. The normalized spacial score (nSPS) is 10.5. The lowest BCUT2D eigenvalue weighted by atomic mass is 10.3. The highest BCUT2D eigenvalue weighted by Crippen LogP contribution is 2.22. The molecule has 0 fully saturated rings. The molecule has 2 rings (SSSR count). The maximum atomic E-state index is 5.58. The smallest absolute Gasteiger partial charge is 0.394 e. The molecule has 0 bridgehead atoms. The predicted molar refractivity (Wildman–Crippen MR) is 49.6 cm³/mol. The van der Waals surface area contributed by atoms with Crippen LogP contribution in [0.1, 0.15) is 6.92 Å². The second kappa shape index (κ2) is 2.97. The van der Waals surface area contributed by atoms with Crippen molar-refractivity contribution in [3.8, 4) is 6.08 Å². The van der Waals surface area contributed by atoms with Gasteiger partial charge in [-0.15, -0.1) is 0 Å². The number of nitrogen functional groups attached to an aromatic ring is 1. The summed E-state index contributed by atoms with van der Waals surface area (Å²) in [7, 11) is 0. The second-order valence-electron chi connectivity index (χ2n) is 2.64. The Morgan fingerprint density at radius 1 is 1.54 bits per heavy atom. The highest BCUT2D eigenvalue weighted by Gasteiger charge is 2.05. The van der Waals surface area contributed by atoms with Gasteiger partial charge in [-0.3, -0.25) is 0 Å². The summed E-state index contributed by atoms with van der Waals surface area (Å²) in [4.78, 5) is 4.09. The van der Waals surface area contributed by atoms with Crippen LogP contribution in [0.2, 0.25) is 0 Å². The van der Waals surface area contributed by atoms with Crippen molar-refractivity contribution in [1.29, 1.82) is 0 Å². The number of ether oxygens (including phenoxy) is 1. The Labute approximate surface area is 75.3 Å². The van der Waals surface area contributed by atoms with Crippen LogP contribution < -0.4 is 10.5 Å². The van der Waals surface area contributed by atoms with E-state index in [0.29, 0.717) is 24.0 Å². The third kappa shape index (κ3) is 1.42. The van der Waals surface area contributed by atoms with Crippen molar-refractivity contribution in [3.05, 3.63) is 18.2 Å². The van der Waals surface area contributed by atoms with E-state index in [1.54, 1.807) is 18.2 Å². The van der Waals surface area contributed by atoms with Gasteiger partial charge >= 0.3 is 6.08 Å². The van der Waals surface area contributed by atoms with E-state index in [4.69, 9.17) is 14.9 Å². The van der Waals surface area contributed by atoms with Crippen LogP contribution in [0.5, 0.6) is 6.08 Å². The lowest BCUT2D eigenvalue weighted by molar-refractivity contribution is 0.251. The van der Waals surface area contributed by atoms with Crippen molar-refractivity contribution in [2.75, 3.05) is 12.3 Å². The third-order valence-electron chi connectivity index (χ3n) is 1.66. The molecule has 1 aromatic heterocycles. The van der Waals surface area contributed by atoms with Crippen molar-refractivity contribution >= 4 is 16.8 Å². The number of anilines is 1. The molecule has 2 aromatic rings. The van der Waals surface area contributed by atoms with Crippen LogP contribution in [0.15, 0.2) is 22.6 Å². The van der Waals surface area contributed by atoms with Crippen LogP contribution in [-0.4, -0.2) is 11.6 Å². The zero-order valence-electron chi connectivity index (χ0n) is 7.28. The Bertz CT molecular complexity index is 422. The Kier molecular flexibility index (Phi) is 1.81. The number of nitrogens with zero attached hydrogens (tertiary/aromatic N) is 1. The molecule has 1 heterocycles. The summed E-state index contributed by atoms with van der Waals surface area (Å²) in [5, 5.41) is 0. The Balaban J connectivity index is 2.49. The van der Waals surface area contributed by atoms with Crippen molar-refractivity contribution in [1.82, 2.24) is 4.98 Å². The van der Waals surface area contributed by atoms with Gasteiger partial charge in [0.1, 0.15) is 5.52 Å². The summed E-state index contributed by atoms with van der Waals surface area (Å²) in [5.41, 5.74) is 7.67. The van der Waals surface area contributed by atoms with Crippen molar-refractivity contribution < 1.29 is 9.15 Å². The summed E-state index contributed by atoms with van der Waals surface area (Å²) in [6, 6.07) is 5.30. The van der Waals surface area contributed by atoms with E-state index in [1.165, 1.54) is 0 Å². The first-order chi connectivity index (χ1) is 6.29. The minimum absolute atomic E-state index is 0.295. The highest BCUT2D eigenvalue weighted by molar-refractivity contribution is 5.76. The molecule has 0 aliphatic rings. The molecule has 1 aromatic carbocycles. The Morgan fingerprint density at radius 2 is 2.38 bits per heavy atom. The van der Waals surface area contributed by atoms with E-state index >= 15 is 0 Å². The van der Waals surface area contributed by atoms with Crippen molar-refractivity contribution in [2.45, 2.75) is 6.92 Å². The molecule has 2 N–H and O–H groups in total. The summed E-state index contributed by atoms with van der Waals surface area (Å²) < 4.78 is 10.4. The number of hydrogen-bond acceptors (Lipinski definition) is 4. The number of nitrogens with two attached hydrogens (primary N) is 1. The van der Waals surface area contributed by atoms with Gasteiger partial charge in [-0.25, -0.2) is 0 Å². The fourth-order valence-corrected chi connectivity index (χ4v) is 1.11. The molecule has 0 atom stereocenters. The molecular formula is C9H10N2O2. The quantitative estimate of drug-likeness (QED) is 0.712. The minimum atomic E-state index is 0.295. The molecule has 0 saturated carbocycles. The molecular weight excluding hydrogens is 168 g/mol. The van der Waals surface area contributed by atoms with Gasteiger partial charge in [-0.2, -0.15) is 4.98 Å². The summed E-state index contributed by atoms with van der Waals surface area (Å²) in [6.45, 7) is 2.42. The zero-order valence-corrected chi connectivity index (χ0v) is 7.28. The lowest BCUT2D eigenvalue weighted by Crippen LogP contribution is -1.90. The molecule has 68 valence electrons. The fraction of sp³-hybridized carbons (Fsp3) is 0.222. The average molecular weight is 178 g/mol. The van der Waals surface area contributed by atoms with Crippen LogP contribution >= 0.6 is 0 Å². The standard InChI is InChI=1S/C9H10N2O2/c1-2-12-9-11-7-5-6(10)3-4-8(7)13-9/h3-5H,2,10H2,1H3. The van der Waals surface area contributed by atoms with Crippen LogP contribution in [0.25, 0.3) is 11.1 Å². The number of fused-ring (bicyclic) bond motifs is 1. The number of rotatable bonds is 2. The first kappa shape index (κ1) is 7.91. The van der Waals surface area contributed by atoms with Crippen LogP contribution in [0.4, 0.5) is 5.69 Å². The monoisotopic (exact) mass is 178 g/mol. The number of aromatic nitrogens is 1. The largest absolute Gasteiger partial charge is 0.450 e. The van der Waals surface area contributed by atoms with Gasteiger partial charge in [-0.1, -0.05) is 0 Å². The van der Waals surface area contributed by atoms with Gasteiger partial charge in [-0.05, 0) is 25.1 Å². The van der Waals surface area contributed by atoms with Gasteiger partial charge in [0, 0.05) is 5.69 Å². The number of benzene rings is 1. The first-order valence-corrected chi connectivity index (χ1v) is 4.08. The Hall–Kier alpha value is -1.71. The second-order valence-corrected chi connectivity index (χ2v) is 2.64. The number of hydrogen-bond donors (Lipinski definition) is 1. The molecule has 0 saturated heterocycles. The van der Waals surface area contributed by atoms with Crippen LogP contribution in [-0.2, 0) is 0 Å². The summed E-state index contributed by atoms with van der Waals surface area (Å²) in [6.07, 6.45) is 0.295. The van der Waals surface area contributed by atoms with Crippen LogP contribution in [0, 0.1) is 0 Å². The number of oxazole rings is 1. The van der Waals surface area contributed by atoms with Gasteiger partial charge < -0.3 is 14.9 Å². The average Bonchev–Trinajstić information content (AvgIpc) is 2.46. The summed E-state index contributed by atoms with van der Waals surface area (Å²) >= 11 is 0. The third-order valence-corrected chi connectivity index (χ3v) is 1.66. The molecule has 0 amide bonds. The lowest BCUT2D eigenvalue weighted by Gasteiger charge is -1.91. The van der Waals surface area contributed by atoms with E-state index in [-0.39, 0.29) is 0 Å². The zero-order chi connectivity index (χ0) is 9.26. The van der Waals surface area contributed by atoms with Crippen LogP contribution in [0.3, 0.4) is 0 Å². The Morgan fingerprint density at radius 3 is 3.15 bits per heavy atom. The molecule has 0 aliphatic heterocycles. The minimum Gasteiger partial charge on any atom is -0.450 e. The van der Waals surface area contributed by atoms with E-state index in [2.05, 4.69) is 4.98 Å². The molecule has 4 heteroatoms. The highest BCUT2D eigenvalue weighted by atomic mass is 16.6. The van der Waals surface area contributed by atoms with Crippen molar-refractivity contribution in [3.63, 3.8) is 0 Å². The molecule has 13 heavy (non-hydrogen) atoms. The van der Waals surface area contributed by atoms with Crippen molar-refractivity contribution in [2.24, 2.45) is 0 Å². The van der Waals surface area contributed by atoms with E-state index < -0.39 is 0 Å². The van der Waals surface area contributed by atoms with E-state index in [9.17, 15) is 0 Å². The topological polar surface area (TPSA) is 61.3 Å². The maximum Gasteiger partial charge on any atom is 0.394 e. The van der Waals surface area contributed by atoms with Gasteiger partial charge in [0.15, 0.2) is 5.58 Å². The SMILES string of the molecule is CCOc1nc2cc(N)ccc2o1. The fourth-order valence-electron chi connectivity index (χ4n) is 1.11. The summed E-state index contributed by atoms with van der Waals surface area (Å²) in [5.74, 6) is 0. The molecule has 4 nitrogen and oxygen atoms in total. The first-order valence-electron chi connectivity index (χ1n) is 4.08. The van der Waals surface area contributed by atoms with E-state index in [0.717, 1.165) is 5.52 Å². The van der Waals surface area contributed by atoms with Gasteiger partial charge in [0.05, 0.1) is 6.61 Å². The molecule has 0 unspecified atom stereocenters.